The maximum atomic E-state index is 13.1. The molecule has 2 aromatic rings. The van der Waals surface area contributed by atoms with Crippen molar-refractivity contribution in [3.05, 3.63) is 63.8 Å². The molecule has 1 aliphatic heterocycles. The summed E-state index contributed by atoms with van der Waals surface area (Å²) in [5.74, 6) is -0.252. The first-order chi connectivity index (χ1) is 14.0. The van der Waals surface area contributed by atoms with E-state index < -0.39 is 5.91 Å². The molecule has 6 nitrogen and oxygen atoms in total. The summed E-state index contributed by atoms with van der Waals surface area (Å²) in [6.07, 6.45) is 0.545. The number of imide groups is 1. The number of halogens is 2. The van der Waals surface area contributed by atoms with Crippen molar-refractivity contribution in [3.8, 4) is 5.75 Å². The fourth-order valence-corrected chi connectivity index (χ4v) is 3.42. The molecule has 8 heteroatoms. The van der Waals surface area contributed by atoms with E-state index in [0.29, 0.717) is 40.1 Å². The van der Waals surface area contributed by atoms with Crippen LogP contribution in [0.5, 0.6) is 5.75 Å². The van der Waals surface area contributed by atoms with Gasteiger partial charge in [0, 0.05) is 31.0 Å². The Kier molecular flexibility index (Phi) is 6.79. The predicted octanol–water partition coefficient (Wildman–Crippen LogP) is 4.23. The van der Waals surface area contributed by atoms with Crippen LogP contribution in [0.4, 0.5) is 5.69 Å². The Balaban J connectivity index is 1.99. The van der Waals surface area contributed by atoms with Crippen molar-refractivity contribution in [2.75, 3.05) is 32.7 Å². The minimum atomic E-state index is -0.400. The van der Waals surface area contributed by atoms with E-state index in [1.807, 2.05) is 0 Å². The molecule has 0 bridgehead atoms. The van der Waals surface area contributed by atoms with Gasteiger partial charge in [-0.1, -0.05) is 35.3 Å². The summed E-state index contributed by atoms with van der Waals surface area (Å²) in [5, 5.41) is 3.99. The van der Waals surface area contributed by atoms with Crippen LogP contribution < -0.4 is 10.1 Å². The van der Waals surface area contributed by atoms with Crippen molar-refractivity contribution >= 4 is 46.3 Å². The standard InChI is InChI=1S/C21H20Cl2N2O4/c1-28-11-3-10-25-20(26)18(13-4-6-14(22)7-5-13)19(21(25)27)24-15-8-9-17(29-2)16(23)12-15/h4-9,12,24H,3,10-11H2,1-2H3. The van der Waals surface area contributed by atoms with Crippen molar-refractivity contribution in [2.45, 2.75) is 6.42 Å². The Morgan fingerprint density at radius 1 is 1.00 bits per heavy atom. The van der Waals surface area contributed by atoms with Crippen LogP contribution in [0.2, 0.25) is 10.0 Å². The van der Waals surface area contributed by atoms with Crippen LogP contribution in [-0.4, -0.2) is 44.1 Å². The Morgan fingerprint density at radius 2 is 1.72 bits per heavy atom. The lowest BCUT2D eigenvalue weighted by atomic mass is 10.0. The van der Waals surface area contributed by atoms with E-state index in [1.165, 1.54) is 12.0 Å². The number of methoxy groups -OCH3 is 2. The third-order valence-electron chi connectivity index (χ3n) is 4.45. The van der Waals surface area contributed by atoms with E-state index in [1.54, 1.807) is 49.6 Å². The van der Waals surface area contributed by atoms with E-state index in [0.717, 1.165) is 0 Å². The van der Waals surface area contributed by atoms with Gasteiger partial charge in [-0.2, -0.15) is 0 Å². The lowest BCUT2D eigenvalue weighted by Crippen LogP contribution is -2.33. The zero-order valence-electron chi connectivity index (χ0n) is 16.0. The smallest absolute Gasteiger partial charge is 0.278 e. The van der Waals surface area contributed by atoms with Gasteiger partial charge in [0.25, 0.3) is 11.8 Å². The van der Waals surface area contributed by atoms with Gasteiger partial charge in [0.05, 0.1) is 17.7 Å². The van der Waals surface area contributed by atoms with Crippen molar-refractivity contribution in [1.29, 1.82) is 0 Å². The Hall–Kier alpha value is -2.54. The van der Waals surface area contributed by atoms with Gasteiger partial charge < -0.3 is 14.8 Å². The van der Waals surface area contributed by atoms with Crippen molar-refractivity contribution in [1.82, 2.24) is 4.90 Å². The largest absolute Gasteiger partial charge is 0.495 e. The minimum absolute atomic E-state index is 0.191. The molecule has 2 amide bonds. The summed E-state index contributed by atoms with van der Waals surface area (Å²) in [4.78, 5) is 27.3. The highest BCUT2D eigenvalue weighted by Gasteiger charge is 2.38. The van der Waals surface area contributed by atoms with E-state index in [-0.39, 0.29) is 23.7 Å². The molecule has 0 atom stereocenters. The molecule has 1 aliphatic rings. The average Bonchev–Trinajstić information content (AvgIpc) is 2.93. The molecular formula is C21H20Cl2N2O4. The van der Waals surface area contributed by atoms with Gasteiger partial charge in [0.1, 0.15) is 11.4 Å². The number of anilines is 1. The molecule has 152 valence electrons. The second-order valence-corrected chi connectivity index (χ2v) is 7.18. The lowest BCUT2D eigenvalue weighted by molar-refractivity contribution is -0.136. The second-order valence-electron chi connectivity index (χ2n) is 6.34. The zero-order valence-corrected chi connectivity index (χ0v) is 17.5. The average molecular weight is 435 g/mol. The molecule has 0 saturated heterocycles. The van der Waals surface area contributed by atoms with Crippen molar-refractivity contribution in [3.63, 3.8) is 0 Å². The van der Waals surface area contributed by atoms with E-state index in [9.17, 15) is 9.59 Å². The first kappa shape index (κ1) is 21.2. The van der Waals surface area contributed by atoms with Crippen LogP contribution in [0.25, 0.3) is 5.57 Å². The normalized spacial score (nSPS) is 14.0. The van der Waals surface area contributed by atoms with Crippen LogP contribution in [0.1, 0.15) is 12.0 Å². The topological polar surface area (TPSA) is 67.9 Å². The SMILES string of the molecule is COCCCN1C(=O)C(Nc2ccc(OC)c(Cl)c2)=C(c2ccc(Cl)cc2)C1=O. The molecule has 0 radical (unpaired) electrons. The summed E-state index contributed by atoms with van der Waals surface area (Å²) in [7, 11) is 3.10. The minimum Gasteiger partial charge on any atom is -0.495 e. The molecule has 0 spiro atoms. The third kappa shape index (κ3) is 4.56. The highest BCUT2D eigenvalue weighted by Crippen LogP contribution is 2.33. The van der Waals surface area contributed by atoms with Gasteiger partial charge in [-0.15, -0.1) is 0 Å². The molecule has 0 aromatic heterocycles. The van der Waals surface area contributed by atoms with E-state index >= 15 is 0 Å². The number of amides is 2. The molecule has 0 saturated carbocycles. The van der Waals surface area contributed by atoms with Gasteiger partial charge in [0.2, 0.25) is 0 Å². The molecule has 2 aromatic carbocycles. The van der Waals surface area contributed by atoms with Crippen molar-refractivity contribution in [2.24, 2.45) is 0 Å². The molecular weight excluding hydrogens is 415 g/mol. The van der Waals surface area contributed by atoms with E-state index in [2.05, 4.69) is 5.32 Å². The lowest BCUT2D eigenvalue weighted by Gasteiger charge is -2.15. The molecule has 1 heterocycles. The zero-order chi connectivity index (χ0) is 21.0. The molecule has 1 N–H and O–H groups in total. The van der Waals surface area contributed by atoms with Crippen LogP contribution in [-0.2, 0) is 14.3 Å². The Bertz CT molecular complexity index is 958. The maximum Gasteiger partial charge on any atom is 0.278 e. The van der Waals surface area contributed by atoms with Crippen LogP contribution in [0.3, 0.4) is 0 Å². The predicted molar refractivity (Wildman–Crippen MR) is 113 cm³/mol. The monoisotopic (exact) mass is 434 g/mol. The summed E-state index contributed by atoms with van der Waals surface area (Å²) in [6.45, 7) is 0.710. The van der Waals surface area contributed by atoms with Crippen molar-refractivity contribution < 1.29 is 19.1 Å². The molecule has 0 unspecified atom stereocenters. The summed E-state index contributed by atoms with van der Waals surface area (Å²) in [6, 6.07) is 11.8. The third-order valence-corrected chi connectivity index (χ3v) is 5.00. The maximum absolute atomic E-state index is 13.1. The Labute approximate surface area is 179 Å². The van der Waals surface area contributed by atoms with E-state index in [4.69, 9.17) is 32.7 Å². The fourth-order valence-electron chi connectivity index (χ4n) is 3.03. The molecule has 3 rings (SSSR count). The van der Waals surface area contributed by atoms with Gasteiger partial charge in [-0.3, -0.25) is 14.5 Å². The van der Waals surface area contributed by atoms with Gasteiger partial charge >= 0.3 is 0 Å². The number of ether oxygens (including phenoxy) is 2. The van der Waals surface area contributed by atoms with Gasteiger partial charge in [-0.05, 0) is 42.3 Å². The van der Waals surface area contributed by atoms with Gasteiger partial charge in [0.15, 0.2) is 0 Å². The van der Waals surface area contributed by atoms with Gasteiger partial charge in [-0.25, -0.2) is 0 Å². The number of carbonyl (C=O) groups is 2. The summed E-state index contributed by atoms with van der Waals surface area (Å²) >= 11 is 12.2. The first-order valence-corrected chi connectivity index (χ1v) is 9.67. The van der Waals surface area contributed by atoms with Crippen LogP contribution in [0, 0.1) is 0 Å². The number of nitrogens with one attached hydrogen (secondary N) is 1. The first-order valence-electron chi connectivity index (χ1n) is 8.92. The summed E-state index contributed by atoms with van der Waals surface area (Å²) in [5.41, 5.74) is 1.65. The number of nitrogens with zero attached hydrogens (tertiary/aromatic N) is 1. The quantitative estimate of drug-likeness (QED) is 0.497. The highest BCUT2D eigenvalue weighted by atomic mass is 35.5. The Morgan fingerprint density at radius 3 is 2.34 bits per heavy atom. The second kappa shape index (κ2) is 9.31. The number of hydrogen-bond donors (Lipinski definition) is 1. The summed E-state index contributed by atoms with van der Waals surface area (Å²) < 4.78 is 10.2. The number of benzene rings is 2. The number of hydrogen-bond acceptors (Lipinski definition) is 5. The molecule has 0 aliphatic carbocycles. The van der Waals surface area contributed by atoms with Crippen LogP contribution in [0.15, 0.2) is 48.2 Å². The number of rotatable bonds is 8. The molecule has 29 heavy (non-hydrogen) atoms. The highest BCUT2D eigenvalue weighted by molar-refractivity contribution is 6.37. The van der Waals surface area contributed by atoms with Crippen LogP contribution >= 0.6 is 23.2 Å². The fraction of sp³-hybridized carbons (Fsp3) is 0.238. The molecule has 0 fully saturated rings. The number of carbonyl (C=O) groups excluding carboxylic acids is 2.